The molecule has 0 spiro atoms. The number of nitrogens with one attached hydrogen (secondary N) is 2. The van der Waals surface area contributed by atoms with Crippen molar-refractivity contribution < 1.29 is 33.4 Å². The van der Waals surface area contributed by atoms with Gasteiger partial charge in [-0.2, -0.15) is 0 Å². The summed E-state index contributed by atoms with van der Waals surface area (Å²) in [7, 11) is 1.51. The summed E-state index contributed by atoms with van der Waals surface area (Å²) in [5, 5.41) is 5.85. The van der Waals surface area contributed by atoms with Crippen molar-refractivity contribution in [2.45, 2.75) is 65.2 Å². The molecule has 1 heterocycles. The lowest BCUT2D eigenvalue weighted by atomic mass is 9.99. The normalized spacial score (nSPS) is 23.5. The zero-order valence-corrected chi connectivity index (χ0v) is 27.2. The number of benzene rings is 2. The molecule has 0 aliphatic carbocycles. The first-order valence-electron chi connectivity index (χ1n) is 15.2. The van der Waals surface area contributed by atoms with Gasteiger partial charge in [-0.3, -0.25) is 14.4 Å². The number of carbonyl (C=O) groups is 4. The summed E-state index contributed by atoms with van der Waals surface area (Å²) in [6, 6.07) is 13.9. The van der Waals surface area contributed by atoms with E-state index in [9.17, 15) is 19.2 Å². The van der Waals surface area contributed by atoms with Gasteiger partial charge in [-0.05, 0) is 41.7 Å². The van der Waals surface area contributed by atoms with E-state index in [0.29, 0.717) is 16.3 Å². The first-order chi connectivity index (χ1) is 21.5. The largest absolute Gasteiger partial charge is 0.495 e. The number of hydrogen-bond acceptors (Lipinski definition) is 7. The number of ether oxygens (including phenoxy) is 3. The minimum absolute atomic E-state index is 0.0422. The molecule has 5 unspecified atom stereocenters. The molecule has 0 saturated carbocycles. The average Bonchev–Trinajstić information content (AvgIpc) is 3.01. The molecule has 3 rings (SSSR count). The molecule has 9 nitrogen and oxygen atoms in total. The molecule has 242 valence electrons. The monoisotopic (exact) mass is 638 g/mol. The number of rotatable bonds is 8. The van der Waals surface area contributed by atoms with Crippen LogP contribution < -0.4 is 15.4 Å². The van der Waals surface area contributed by atoms with Crippen molar-refractivity contribution in [2.75, 3.05) is 13.7 Å². The standard InChI is InChI=1S/C35H43ClN2O7/c1-22(2)18-31-35(42)44-29(23(3)14-15-25-10-7-6-8-11-25)12-9-13-32(39)38-28(33(40)37-21-24(4)34(41)45-31)20-26-16-17-30(43-5)27(36)19-26/h6-11,13-17,19,22-24,28-29,31H,12,18,20-21H2,1-5H3,(H,37,40)(H,38,39)/b13-9+,15-14?. The average molecular weight is 639 g/mol. The first-order valence-corrected chi connectivity index (χ1v) is 15.6. The highest BCUT2D eigenvalue weighted by molar-refractivity contribution is 6.32. The zero-order chi connectivity index (χ0) is 32.9. The fourth-order valence-electron chi connectivity index (χ4n) is 4.69. The quantitative estimate of drug-likeness (QED) is 0.376. The van der Waals surface area contributed by atoms with Crippen LogP contribution in [-0.2, 0) is 35.1 Å². The zero-order valence-electron chi connectivity index (χ0n) is 26.5. The van der Waals surface area contributed by atoms with E-state index >= 15 is 0 Å². The van der Waals surface area contributed by atoms with Crippen LogP contribution in [0, 0.1) is 17.8 Å². The Kier molecular flexibility index (Phi) is 13.7. The van der Waals surface area contributed by atoms with E-state index in [1.54, 1.807) is 31.2 Å². The van der Waals surface area contributed by atoms with Gasteiger partial charge in [0, 0.05) is 25.3 Å². The van der Waals surface area contributed by atoms with E-state index in [4.69, 9.17) is 25.8 Å². The lowest BCUT2D eigenvalue weighted by Gasteiger charge is -2.26. The molecule has 0 fully saturated rings. The molecule has 0 aromatic heterocycles. The summed E-state index contributed by atoms with van der Waals surface area (Å²) >= 11 is 6.29. The van der Waals surface area contributed by atoms with E-state index in [1.807, 2.05) is 63.3 Å². The maximum atomic E-state index is 13.4. The molecule has 2 aromatic carbocycles. The van der Waals surface area contributed by atoms with Gasteiger partial charge < -0.3 is 24.8 Å². The lowest BCUT2D eigenvalue weighted by Crippen LogP contribution is -2.49. The first kappa shape index (κ1) is 35.4. The maximum Gasteiger partial charge on any atom is 0.347 e. The molecule has 2 N–H and O–H groups in total. The number of hydrogen-bond donors (Lipinski definition) is 2. The molecule has 10 heteroatoms. The predicted octanol–water partition coefficient (Wildman–Crippen LogP) is 5.31. The third kappa shape index (κ3) is 11.4. The van der Waals surface area contributed by atoms with Crippen LogP contribution in [-0.4, -0.2) is 55.7 Å². The Hall–Kier alpha value is -4.11. The number of cyclic esters (lactones) is 2. The summed E-state index contributed by atoms with van der Waals surface area (Å²) < 4.78 is 16.8. The maximum absolute atomic E-state index is 13.4. The SMILES string of the molecule is COc1ccc(CC2NC(=O)/C=C/CC(C(C)C=Cc3ccccc3)OC(=O)C(CC(C)C)OC(=O)C(C)CNC2=O)cc1Cl. The Morgan fingerprint density at radius 1 is 1.02 bits per heavy atom. The van der Waals surface area contributed by atoms with Gasteiger partial charge in [-0.15, -0.1) is 0 Å². The van der Waals surface area contributed by atoms with Gasteiger partial charge in [0.25, 0.3) is 0 Å². The van der Waals surface area contributed by atoms with E-state index in [-0.39, 0.29) is 37.6 Å². The van der Waals surface area contributed by atoms with Crippen molar-refractivity contribution in [3.8, 4) is 5.75 Å². The van der Waals surface area contributed by atoms with Crippen molar-refractivity contribution >= 4 is 41.4 Å². The molecule has 5 atom stereocenters. The Labute approximate surface area is 270 Å². The molecular formula is C35H43ClN2O7. The molecular weight excluding hydrogens is 596 g/mol. The highest BCUT2D eigenvalue weighted by atomic mass is 35.5. The van der Waals surface area contributed by atoms with Gasteiger partial charge in [0.15, 0.2) is 6.10 Å². The third-order valence-electron chi connectivity index (χ3n) is 7.36. The van der Waals surface area contributed by atoms with Crippen LogP contribution >= 0.6 is 11.6 Å². The summed E-state index contributed by atoms with van der Waals surface area (Å²) in [6.45, 7) is 7.29. The van der Waals surface area contributed by atoms with Gasteiger partial charge in [0.2, 0.25) is 11.8 Å². The fourth-order valence-corrected chi connectivity index (χ4v) is 4.97. The molecule has 1 aliphatic rings. The Morgan fingerprint density at radius 3 is 2.42 bits per heavy atom. The Balaban J connectivity index is 1.89. The van der Waals surface area contributed by atoms with Crippen LogP contribution in [0.1, 0.15) is 51.7 Å². The molecule has 2 aromatic rings. The lowest BCUT2D eigenvalue weighted by molar-refractivity contribution is -0.175. The van der Waals surface area contributed by atoms with Crippen molar-refractivity contribution in [3.63, 3.8) is 0 Å². The van der Waals surface area contributed by atoms with Crippen LogP contribution in [0.4, 0.5) is 0 Å². The smallest absolute Gasteiger partial charge is 0.347 e. The van der Waals surface area contributed by atoms with Gasteiger partial charge in [-0.25, -0.2) is 4.79 Å². The van der Waals surface area contributed by atoms with Gasteiger partial charge in [0.05, 0.1) is 18.1 Å². The highest BCUT2D eigenvalue weighted by Gasteiger charge is 2.31. The van der Waals surface area contributed by atoms with E-state index in [1.165, 1.54) is 13.2 Å². The second-order valence-electron chi connectivity index (χ2n) is 11.7. The van der Waals surface area contributed by atoms with E-state index in [2.05, 4.69) is 10.6 Å². The summed E-state index contributed by atoms with van der Waals surface area (Å²) in [5.74, 6) is -2.74. The van der Waals surface area contributed by atoms with Crippen LogP contribution in [0.15, 0.2) is 66.8 Å². The molecule has 2 amide bonds. The number of esters is 2. The van der Waals surface area contributed by atoms with Crippen LogP contribution in [0.2, 0.25) is 5.02 Å². The molecule has 0 bridgehead atoms. The number of carbonyl (C=O) groups excluding carboxylic acids is 4. The highest BCUT2D eigenvalue weighted by Crippen LogP contribution is 2.26. The van der Waals surface area contributed by atoms with E-state index < -0.39 is 47.9 Å². The Bertz CT molecular complexity index is 1380. The second-order valence-corrected chi connectivity index (χ2v) is 12.1. The number of methoxy groups -OCH3 is 1. The fraction of sp³-hybridized carbons (Fsp3) is 0.429. The minimum Gasteiger partial charge on any atom is -0.495 e. The summed E-state index contributed by atoms with van der Waals surface area (Å²) in [6.07, 6.45) is 5.68. The van der Waals surface area contributed by atoms with E-state index in [0.717, 1.165) is 5.56 Å². The van der Waals surface area contributed by atoms with Crippen LogP contribution in [0.3, 0.4) is 0 Å². The van der Waals surface area contributed by atoms with Crippen molar-refractivity contribution in [1.82, 2.24) is 10.6 Å². The van der Waals surface area contributed by atoms with Gasteiger partial charge in [0.1, 0.15) is 17.9 Å². The van der Waals surface area contributed by atoms with Crippen molar-refractivity contribution in [1.29, 1.82) is 0 Å². The van der Waals surface area contributed by atoms with Crippen LogP contribution in [0.25, 0.3) is 6.08 Å². The predicted molar refractivity (Wildman–Crippen MR) is 173 cm³/mol. The summed E-state index contributed by atoms with van der Waals surface area (Å²) in [5.41, 5.74) is 1.69. The topological polar surface area (TPSA) is 120 Å². The minimum atomic E-state index is -1.11. The number of amides is 2. The third-order valence-corrected chi connectivity index (χ3v) is 7.66. The second kappa shape index (κ2) is 17.4. The van der Waals surface area contributed by atoms with Crippen LogP contribution in [0.5, 0.6) is 5.75 Å². The Morgan fingerprint density at radius 2 is 1.76 bits per heavy atom. The van der Waals surface area contributed by atoms with Gasteiger partial charge >= 0.3 is 11.9 Å². The van der Waals surface area contributed by atoms with Crippen molar-refractivity contribution in [3.05, 3.63) is 82.9 Å². The van der Waals surface area contributed by atoms with Crippen molar-refractivity contribution in [2.24, 2.45) is 17.8 Å². The molecule has 0 radical (unpaired) electrons. The molecule has 0 saturated heterocycles. The van der Waals surface area contributed by atoms with Gasteiger partial charge in [-0.1, -0.05) is 93.9 Å². The molecule has 1 aliphatic heterocycles. The number of halogens is 1. The molecule has 45 heavy (non-hydrogen) atoms. The summed E-state index contributed by atoms with van der Waals surface area (Å²) in [4.78, 5) is 52.7.